The molecule has 0 aromatic carbocycles. The summed E-state index contributed by atoms with van der Waals surface area (Å²) in [5.74, 6) is -2.32. The Hall–Kier alpha value is -2.16. The zero-order valence-electron chi connectivity index (χ0n) is 9.75. The monoisotopic (exact) mass is 284 g/mol. The summed E-state index contributed by atoms with van der Waals surface area (Å²) in [7, 11) is 0. The van der Waals surface area contributed by atoms with Crippen molar-refractivity contribution in [3.8, 4) is 0 Å². The molecule has 0 saturated heterocycles. The number of nitrogens with one attached hydrogen (secondary N) is 1. The maximum Gasteiger partial charge on any atom is 0.343 e. The summed E-state index contributed by atoms with van der Waals surface area (Å²) in [5.41, 5.74) is -0.891. The highest BCUT2D eigenvalue weighted by atomic mass is 32.2. The first-order valence-corrected chi connectivity index (χ1v) is 6.07. The second-order valence-corrected chi connectivity index (χ2v) is 4.40. The third-order valence-corrected chi connectivity index (χ3v) is 3.29. The van der Waals surface area contributed by atoms with Gasteiger partial charge in [0.15, 0.2) is 11.0 Å². The van der Waals surface area contributed by atoms with Gasteiger partial charge in [-0.25, -0.2) is 24.1 Å². The van der Waals surface area contributed by atoms with Gasteiger partial charge < -0.3 is 5.11 Å². The molecule has 0 fully saturated rings. The van der Waals surface area contributed by atoms with Crippen molar-refractivity contribution in [2.75, 3.05) is 0 Å². The predicted molar refractivity (Wildman–Crippen MR) is 63.8 cm³/mol. The molecule has 0 amide bonds. The largest absolute Gasteiger partial charge is 0.478 e. The molecule has 2 heterocycles. The van der Waals surface area contributed by atoms with E-state index < -0.39 is 23.0 Å². The fraction of sp³-hybridized carbons (Fsp3) is 0.200. The molecule has 100 valence electrons. The van der Waals surface area contributed by atoms with Crippen LogP contribution in [0.5, 0.6) is 0 Å². The van der Waals surface area contributed by atoms with Crippen molar-refractivity contribution in [3.05, 3.63) is 34.1 Å². The van der Waals surface area contributed by atoms with E-state index in [0.717, 1.165) is 17.8 Å². The van der Waals surface area contributed by atoms with E-state index >= 15 is 0 Å². The third-order valence-electron chi connectivity index (χ3n) is 2.32. The summed E-state index contributed by atoms with van der Waals surface area (Å²) in [6.45, 7) is 2.09. The van der Waals surface area contributed by atoms with Gasteiger partial charge in [0.25, 0.3) is 0 Å². The number of nitrogens with zero attached hydrogens (tertiary/aromatic N) is 3. The first kappa shape index (κ1) is 13.3. The highest BCUT2D eigenvalue weighted by molar-refractivity contribution is 7.99. The third kappa shape index (κ3) is 2.50. The number of rotatable bonds is 4. The Morgan fingerprint density at radius 2 is 2.37 bits per heavy atom. The molecular formula is C10H9FN4O3S. The van der Waals surface area contributed by atoms with E-state index in [1.165, 1.54) is 10.8 Å². The Balaban J connectivity index is 2.41. The van der Waals surface area contributed by atoms with Crippen LogP contribution in [0.2, 0.25) is 0 Å². The summed E-state index contributed by atoms with van der Waals surface area (Å²) in [6, 6.07) is 1.07. The first-order valence-electron chi connectivity index (χ1n) is 5.25. The average Bonchev–Trinajstić information content (AvgIpc) is 2.72. The molecule has 0 bridgehead atoms. The van der Waals surface area contributed by atoms with Crippen molar-refractivity contribution >= 4 is 17.7 Å². The summed E-state index contributed by atoms with van der Waals surface area (Å²) in [6.07, 6.45) is 1.19. The summed E-state index contributed by atoms with van der Waals surface area (Å²) < 4.78 is 15.2. The molecule has 0 aliphatic rings. The zero-order valence-corrected chi connectivity index (χ0v) is 10.6. The molecule has 2 aromatic heterocycles. The summed E-state index contributed by atoms with van der Waals surface area (Å²) in [4.78, 5) is 25.9. The second kappa shape index (κ2) is 5.22. The quantitative estimate of drug-likeness (QED) is 0.867. The van der Waals surface area contributed by atoms with Gasteiger partial charge in [-0.1, -0.05) is 0 Å². The van der Waals surface area contributed by atoms with Crippen molar-refractivity contribution in [2.45, 2.75) is 23.7 Å². The lowest BCUT2D eigenvalue weighted by molar-refractivity contribution is 0.0691. The molecule has 7 nitrogen and oxygen atoms in total. The van der Waals surface area contributed by atoms with Crippen LogP contribution < -0.4 is 5.69 Å². The van der Waals surface area contributed by atoms with Crippen LogP contribution in [0.1, 0.15) is 17.3 Å². The number of carboxylic acid groups (broad SMARTS) is 1. The molecule has 0 atom stereocenters. The van der Waals surface area contributed by atoms with E-state index in [1.54, 1.807) is 6.92 Å². The van der Waals surface area contributed by atoms with E-state index in [1.807, 2.05) is 0 Å². The molecule has 2 N–H and O–H groups in total. The molecule has 9 heteroatoms. The smallest absolute Gasteiger partial charge is 0.343 e. The van der Waals surface area contributed by atoms with Crippen molar-refractivity contribution in [1.82, 2.24) is 19.7 Å². The first-order chi connectivity index (χ1) is 9.04. The Kier molecular flexibility index (Phi) is 3.65. The maximum absolute atomic E-state index is 13.9. The number of aromatic carboxylic acids is 1. The number of carbonyl (C=O) groups is 1. The van der Waals surface area contributed by atoms with Gasteiger partial charge >= 0.3 is 11.7 Å². The summed E-state index contributed by atoms with van der Waals surface area (Å²) >= 11 is 0.789. The molecule has 2 rings (SSSR count). The van der Waals surface area contributed by atoms with Crippen LogP contribution in [-0.4, -0.2) is 30.8 Å². The van der Waals surface area contributed by atoms with Crippen LogP contribution in [-0.2, 0) is 6.54 Å². The van der Waals surface area contributed by atoms with Gasteiger partial charge in [0.2, 0.25) is 0 Å². The number of hydrogen-bond acceptors (Lipinski definition) is 5. The van der Waals surface area contributed by atoms with Crippen LogP contribution in [0.15, 0.2) is 27.2 Å². The Morgan fingerprint density at radius 3 is 3.00 bits per heavy atom. The van der Waals surface area contributed by atoms with Crippen molar-refractivity contribution in [1.29, 1.82) is 0 Å². The molecule has 2 aromatic rings. The number of pyridine rings is 1. The van der Waals surface area contributed by atoms with Gasteiger partial charge in [-0.15, -0.1) is 5.10 Å². The lowest BCUT2D eigenvalue weighted by atomic mass is 10.3. The number of aromatic amines is 1. The maximum atomic E-state index is 13.9. The van der Waals surface area contributed by atoms with Gasteiger partial charge in [-0.2, -0.15) is 0 Å². The minimum atomic E-state index is -1.38. The molecule has 0 spiro atoms. The van der Waals surface area contributed by atoms with Gasteiger partial charge in [0, 0.05) is 12.7 Å². The minimum absolute atomic E-state index is 0.145. The van der Waals surface area contributed by atoms with Crippen LogP contribution in [0.3, 0.4) is 0 Å². The molecule has 19 heavy (non-hydrogen) atoms. The van der Waals surface area contributed by atoms with Crippen molar-refractivity contribution in [3.63, 3.8) is 0 Å². The van der Waals surface area contributed by atoms with Gasteiger partial charge in [0.05, 0.1) is 5.56 Å². The number of aromatic nitrogens is 4. The van der Waals surface area contributed by atoms with Crippen molar-refractivity contribution in [2.24, 2.45) is 0 Å². The standard InChI is InChI=1S/C10H9FN4O3S/c1-2-15-9(18)13-14-10(15)19-7-6(11)5(8(16)17)3-4-12-7/h3-4H,2H2,1H3,(H,13,18)(H,16,17). The Bertz CT molecular complexity index is 682. The topological polar surface area (TPSA) is 101 Å². The van der Waals surface area contributed by atoms with E-state index in [0.29, 0.717) is 6.54 Å². The molecular weight excluding hydrogens is 275 g/mol. The van der Waals surface area contributed by atoms with Crippen LogP contribution in [0.25, 0.3) is 0 Å². The van der Waals surface area contributed by atoms with Gasteiger partial charge in [-0.3, -0.25) is 4.57 Å². The predicted octanol–water partition coefficient (Wildman–Crippen LogP) is 0.975. The molecule has 0 saturated carbocycles. The highest BCUT2D eigenvalue weighted by Crippen LogP contribution is 2.26. The second-order valence-electron chi connectivity index (χ2n) is 3.44. The Labute approximate surface area is 110 Å². The van der Waals surface area contributed by atoms with E-state index in [4.69, 9.17) is 5.11 Å². The SMILES string of the molecule is CCn1c(Sc2nccc(C(=O)O)c2F)n[nH]c1=O. The van der Waals surface area contributed by atoms with Crippen molar-refractivity contribution < 1.29 is 14.3 Å². The van der Waals surface area contributed by atoms with E-state index in [-0.39, 0.29) is 10.2 Å². The summed E-state index contributed by atoms with van der Waals surface area (Å²) in [5, 5.41) is 14.9. The molecule has 0 radical (unpaired) electrons. The molecule has 0 aliphatic heterocycles. The molecule has 0 aliphatic carbocycles. The van der Waals surface area contributed by atoms with Crippen LogP contribution >= 0.6 is 11.8 Å². The lowest BCUT2D eigenvalue weighted by Crippen LogP contribution is -2.16. The van der Waals surface area contributed by atoms with Gasteiger partial charge in [-0.05, 0) is 24.8 Å². The number of carboxylic acids is 1. The van der Waals surface area contributed by atoms with Crippen LogP contribution in [0, 0.1) is 5.82 Å². The van der Waals surface area contributed by atoms with E-state index in [2.05, 4.69) is 15.2 Å². The van der Waals surface area contributed by atoms with Gasteiger partial charge in [0.1, 0.15) is 5.03 Å². The fourth-order valence-electron chi connectivity index (χ4n) is 1.41. The lowest BCUT2D eigenvalue weighted by Gasteiger charge is -2.04. The highest BCUT2D eigenvalue weighted by Gasteiger charge is 2.18. The molecule has 0 unspecified atom stereocenters. The Morgan fingerprint density at radius 1 is 1.63 bits per heavy atom. The van der Waals surface area contributed by atoms with Crippen LogP contribution in [0.4, 0.5) is 4.39 Å². The average molecular weight is 284 g/mol. The number of H-pyrrole nitrogens is 1. The minimum Gasteiger partial charge on any atom is -0.478 e. The number of halogens is 1. The number of hydrogen-bond donors (Lipinski definition) is 2. The fourth-order valence-corrected chi connectivity index (χ4v) is 2.31. The zero-order chi connectivity index (χ0) is 14.0. The van der Waals surface area contributed by atoms with E-state index in [9.17, 15) is 14.0 Å². The normalized spacial score (nSPS) is 10.6.